The summed E-state index contributed by atoms with van der Waals surface area (Å²) in [5, 5.41) is 7.35. The fourth-order valence-corrected chi connectivity index (χ4v) is 2.68. The van der Waals surface area contributed by atoms with Crippen LogP contribution in [0.3, 0.4) is 0 Å². The highest BCUT2D eigenvalue weighted by Gasteiger charge is 2.03. The largest absolute Gasteiger partial charge is 0.357 e. The molecule has 0 aliphatic carbocycles. The SMILES string of the molecule is CCNC(=NCCS(C)(=O)=O)NCCc1ncc(C)s1. The van der Waals surface area contributed by atoms with Crippen LogP contribution in [0.25, 0.3) is 0 Å². The van der Waals surface area contributed by atoms with Crippen LogP contribution in [-0.4, -0.2) is 51.0 Å². The summed E-state index contributed by atoms with van der Waals surface area (Å²) in [7, 11) is -2.97. The van der Waals surface area contributed by atoms with Crippen molar-refractivity contribution in [2.24, 2.45) is 4.99 Å². The molecule has 0 atom stereocenters. The molecule has 1 heterocycles. The van der Waals surface area contributed by atoms with Gasteiger partial charge in [-0.05, 0) is 13.8 Å². The Kier molecular flexibility index (Phi) is 6.94. The maximum Gasteiger partial charge on any atom is 0.191 e. The van der Waals surface area contributed by atoms with E-state index in [0.717, 1.165) is 24.5 Å². The van der Waals surface area contributed by atoms with E-state index in [1.165, 1.54) is 11.1 Å². The molecule has 20 heavy (non-hydrogen) atoms. The second-order valence-corrected chi connectivity index (χ2v) is 8.01. The molecule has 0 unspecified atom stereocenters. The van der Waals surface area contributed by atoms with Gasteiger partial charge in [0.15, 0.2) is 5.96 Å². The molecule has 2 N–H and O–H groups in total. The van der Waals surface area contributed by atoms with Crippen LogP contribution < -0.4 is 10.6 Å². The van der Waals surface area contributed by atoms with E-state index in [0.29, 0.717) is 5.96 Å². The molecule has 0 amide bonds. The van der Waals surface area contributed by atoms with E-state index >= 15 is 0 Å². The Labute approximate surface area is 124 Å². The number of nitrogens with zero attached hydrogens (tertiary/aromatic N) is 2. The van der Waals surface area contributed by atoms with E-state index in [9.17, 15) is 8.42 Å². The van der Waals surface area contributed by atoms with Crippen molar-refractivity contribution in [3.63, 3.8) is 0 Å². The minimum atomic E-state index is -2.97. The predicted octanol–water partition coefficient (Wildman–Crippen LogP) is 0.594. The Morgan fingerprint density at radius 3 is 2.75 bits per heavy atom. The third-order valence-corrected chi connectivity index (χ3v) is 4.27. The summed E-state index contributed by atoms with van der Waals surface area (Å²) in [6.07, 6.45) is 3.91. The molecule has 6 nitrogen and oxygen atoms in total. The third-order valence-electron chi connectivity index (χ3n) is 2.38. The summed E-state index contributed by atoms with van der Waals surface area (Å²) in [4.78, 5) is 9.73. The lowest BCUT2D eigenvalue weighted by atomic mass is 10.4. The van der Waals surface area contributed by atoms with Crippen LogP contribution in [0.5, 0.6) is 0 Å². The van der Waals surface area contributed by atoms with Crippen molar-refractivity contribution in [2.45, 2.75) is 20.3 Å². The van der Waals surface area contributed by atoms with Gasteiger partial charge in [0.2, 0.25) is 0 Å². The number of rotatable bonds is 7. The number of thiazole rings is 1. The average molecular weight is 318 g/mol. The molecular weight excluding hydrogens is 296 g/mol. The highest BCUT2D eigenvalue weighted by molar-refractivity contribution is 7.90. The maximum absolute atomic E-state index is 11.1. The first kappa shape index (κ1) is 16.9. The van der Waals surface area contributed by atoms with E-state index in [-0.39, 0.29) is 12.3 Å². The van der Waals surface area contributed by atoms with E-state index in [1.807, 2.05) is 20.0 Å². The van der Waals surface area contributed by atoms with Crippen molar-refractivity contribution in [3.8, 4) is 0 Å². The lowest BCUT2D eigenvalue weighted by Gasteiger charge is -2.10. The summed E-state index contributed by atoms with van der Waals surface area (Å²) < 4.78 is 22.1. The Balaban J connectivity index is 2.40. The lowest BCUT2D eigenvalue weighted by Crippen LogP contribution is -2.38. The molecule has 0 saturated carbocycles. The zero-order valence-electron chi connectivity index (χ0n) is 12.1. The van der Waals surface area contributed by atoms with Gasteiger partial charge in [0.1, 0.15) is 9.84 Å². The van der Waals surface area contributed by atoms with Gasteiger partial charge in [-0.1, -0.05) is 0 Å². The average Bonchev–Trinajstić information content (AvgIpc) is 2.73. The summed E-state index contributed by atoms with van der Waals surface area (Å²) >= 11 is 1.68. The van der Waals surface area contributed by atoms with Crippen molar-refractivity contribution >= 4 is 27.1 Å². The molecule has 1 aromatic heterocycles. The standard InChI is InChI=1S/C12H22N4O2S2/c1-4-13-12(15-7-8-20(3,17)18)14-6-5-11-16-9-10(2)19-11/h9H,4-8H2,1-3H3,(H2,13,14,15). The maximum atomic E-state index is 11.1. The van der Waals surface area contributed by atoms with Gasteiger partial charge in [0.05, 0.1) is 17.3 Å². The highest BCUT2D eigenvalue weighted by Crippen LogP contribution is 2.10. The van der Waals surface area contributed by atoms with Crippen LogP contribution in [-0.2, 0) is 16.3 Å². The molecule has 0 spiro atoms. The van der Waals surface area contributed by atoms with Crippen LogP contribution in [0.1, 0.15) is 16.8 Å². The van der Waals surface area contributed by atoms with Crippen molar-refractivity contribution in [3.05, 3.63) is 16.1 Å². The Bertz CT molecular complexity index is 537. The van der Waals surface area contributed by atoms with Crippen LogP contribution in [0, 0.1) is 6.92 Å². The number of nitrogens with one attached hydrogen (secondary N) is 2. The van der Waals surface area contributed by atoms with E-state index in [4.69, 9.17) is 0 Å². The van der Waals surface area contributed by atoms with Gasteiger partial charge >= 0.3 is 0 Å². The quantitative estimate of drug-likeness (QED) is 0.568. The second-order valence-electron chi connectivity index (χ2n) is 4.43. The van der Waals surface area contributed by atoms with Gasteiger partial charge in [-0.25, -0.2) is 13.4 Å². The Morgan fingerprint density at radius 1 is 1.45 bits per heavy atom. The minimum Gasteiger partial charge on any atom is -0.357 e. The summed E-state index contributed by atoms with van der Waals surface area (Å²) in [6.45, 7) is 5.73. The van der Waals surface area contributed by atoms with Crippen LogP contribution in [0.15, 0.2) is 11.2 Å². The zero-order valence-corrected chi connectivity index (χ0v) is 13.8. The molecule has 0 aliphatic heterocycles. The zero-order chi connectivity index (χ0) is 15.0. The highest BCUT2D eigenvalue weighted by atomic mass is 32.2. The Hall–Kier alpha value is -1.15. The number of guanidine groups is 1. The molecule has 1 rings (SSSR count). The normalized spacial score (nSPS) is 12.4. The molecule has 114 valence electrons. The van der Waals surface area contributed by atoms with Crippen LogP contribution >= 0.6 is 11.3 Å². The first-order chi connectivity index (χ1) is 9.40. The molecule has 0 bridgehead atoms. The van der Waals surface area contributed by atoms with E-state index < -0.39 is 9.84 Å². The monoisotopic (exact) mass is 318 g/mol. The number of aryl methyl sites for hydroxylation is 1. The summed E-state index contributed by atoms with van der Waals surface area (Å²) in [5.41, 5.74) is 0. The molecule has 0 fully saturated rings. The van der Waals surface area contributed by atoms with Crippen LogP contribution in [0.2, 0.25) is 0 Å². The van der Waals surface area contributed by atoms with E-state index in [2.05, 4.69) is 20.6 Å². The predicted molar refractivity (Wildman–Crippen MR) is 84.2 cm³/mol. The molecule has 8 heteroatoms. The number of sulfone groups is 1. The molecule has 1 aromatic rings. The van der Waals surface area contributed by atoms with Gasteiger partial charge in [0.25, 0.3) is 0 Å². The molecule has 0 radical (unpaired) electrons. The number of aliphatic imine (C=N–C) groups is 1. The van der Waals surface area contributed by atoms with Gasteiger partial charge in [0, 0.05) is 36.8 Å². The molecule has 0 aliphatic rings. The van der Waals surface area contributed by atoms with Crippen molar-refractivity contribution in [2.75, 3.05) is 31.6 Å². The smallest absolute Gasteiger partial charge is 0.191 e. The fraction of sp³-hybridized carbons (Fsp3) is 0.667. The number of aromatic nitrogens is 1. The summed E-state index contributed by atoms with van der Waals surface area (Å²) in [5.74, 6) is 0.708. The minimum absolute atomic E-state index is 0.0647. The first-order valence-electron chi connectivity index (χ1n) is 6.52. The third kappa shape index (κ3) is 7.44. The lowest BCUT2D eigenvalue weighted by molar-refractivity contribution is 0.601. The van der Waals surface area contributed by atoms with Crippen molar-refractivity contribution in [1.29, 1.82) is 0 Å². The van der Waals surface area contributed by atoms with Gasteiger partial charge in [-0.2, -0.15) is 0 Å². The van der Waals surface area contributed by atoms with Crippen LogP contribution in [0.4, 0.5) is 0 Å². The second kappa shape index (κ2) is 8.21. The Morgan fingerprint density at radius 2 is 2.20 bits per heavy atom. The molecular formula is C12H22N4O2S2. The van der Waals surface area contributed by atoms with Gasteiger partial charge < -0.3 is 10.6 Å². The molecule has 0 saturated heterocycles. The van der Waals surface area contributed by atoms with Crippen molar-refractivity contribution < 1.29 is 8.42 Å². The molecule has 0 aromatic carbocycles. The topological polar surface area (TPSA) is 83.5 Å². The van der Waals surface area contributed by atoms with Gasteiger partial charge in [-0.3, -0.25) is 4.99 Å². The first-order valence-corrected chi connectivity index (χ1v) is 9.39. The van der Waals surface area contributed by atoms with Gasteiger partial charge in [-0.15, -0.1) is 11.3 Å². The number of hydrogen-bond donors (Lipinski definition) is 2. The fourth-order valence-electron chi connectivity index (χ4n) is 1.47. The van der Waals surface area contributed by atoms with Crippen molar-refractivity contribution in [1.82, 2.24) is 15.6 Å². The van der Waals surface area contributed by atoms with E-state index in [1.54, 1.807) is 11.3 Å². The summed E-state index contributed by atoms with van der Waals surface area (Å²) in [6, 6.07) is 0. The number of hydrogen-bond acceptors (Lipinski definition) is 5.